The van der Waals surface area contributed by atoms with Gasteiger partial charge in [0.15, 0.2) is 0 Å². The van der Waals surface area contributed by atoms with Crippen molar-refractivity contribution in [2.45, 2.75) is 37.2 Å². The van der Waals surface area contributed by atoms with Gasteiger partial charge in [-0.3, -0.25) is 0 Å². The number of rotatable bonds is 4. The van der Waals surface area contributed by atoms with Crippen LogP contribution in [-0.4, -0.2) is 14.2 Å². The molecule has 0 aliphatic carbocycles. The van der Waals surface area contributed by atoms with E-state index in [-0.39, 0.29) is 10.5 Å². The average molecular weight is 197 g/mol. The molecule has 0 aromatic carbocycles. The van der Waals surface area contributed by atoms with E-state index in [1.54, 1.807) is 0 Å². The van der Waals surface area contributed by atoms with E-state index in [1.165, 1.54) is 0 Å². The molecule has 0 N–H and O–H groups in total. The van der Waals surface area contributed by atoms with Crippen LogP contribution in [-0.2, 0) is 0 Å². The predicted octanol–water partition coefficient (Wildman–Crippen LogP) is 3.19. The number of hydrogen-bond acceptors (Lipinski definition) is 0. The first-order valence-corrected chi connectivity index (χ1v) is 8.05. The van der Waals surface area contributed by atoms with E-state index in [0.717, 1.165) is 0 Å². The van der Waals surface area contributed by atoms with Crippen molar-refractivity contribution < 1.29 is 7.00 Å². The van der Waals surface area contributed by atoms with E-state index >= 15 is 0 Å². The zero-order chi connectivity index (χ0) is 7.33. The molecule has 9 heavy (non-hydrogen) atoms. The zero-order valence-corrected chi connectivity index (χ0v) is 8.18. The van der Waals surface area contributed by atoms with E-state index in [9.17, 15) is 7.00 Å². The summed E-state index contributed by atoms with van der Waals surface area (Å²) in [5, 5.41) is 0.460. The van der Waals surface area contributed by atoms with Crippen molar-refractivity contribution in [1.82, 2.24) is 0 Å². The molecular formula is C6H14F2Ge. The number of hydrogen-bond donors (Lipinski definition) is 0. The Kier molecular flexibility index (Phi) is 4.45. The summed E-state index contributed by atoms with van der Waals surface area (Å²) >= 11 is -4.16. The standard InChI is InChI=1S/C6H14F2Ge/c1-3-5-9(7,8)6-4-2/h3-6H2,1-2H3. The third-order valence-electron chi connectivity index (χ3n) is 1.23. The van der Waals surface area contributed by atoms with Gasteiger partial charge in [0.2, 0.25) is 0 Å². The van der Waals surface area contributed by atoms with Gasteiger partial charge in [0.25, 0.3) is 0 Å². The Morgan fingerprint density at radius 1 is 1.00 bits per heavy atom. The second kappa shape index (κ2) is 4.26. The van der Waals surface area contributed by atoms with Crippen LogP contribution < -0.4 is 0 Å². The van der Waals surface area contributed by atoms with Gasteiger partial charge in [0.05, 0.1) is 0 Å². The van der Waals surface area contributed by atoms with Crippen LogP contribution in [0, 0.1) is 0 Å². The molecule has 0 heterocycles. The third kappa shape index (κ3) is 4.88. The Morgan fingerprint density at radius 2 is 1.33 bits per heavy atom. The molecular weight excluding hydrogens is 183 g/mol. The van der Waals surface area contributed by atoms with E-state index in [1.807, 2.05) is 13.8 Å². The summed E-state index contributed by atoms with van der Waals surface area (Å²) < 4.78 is 25.2. The maximum atomic E-state index is 12.6. The Bertz CT molecular complexity index is 65.5. The van der Waals surface area contributed by atoms with Crippen molar-refractivity contribution in [2.75, 3.05) is 0 Å². The van der Waals surface area contributed by atoms with Crippen LogP contribution in [0.15, 0.2) is 0 Å². The van der Waals surface area contributed by atoms with Gasteiger partial charge < -0.3 is 0 Å². The van der Waals surface area contributed by atoms with Gasteiger partial charge in [-0.2, -0.15) is 0 Å². The summed E-state index contributed by atoms with van der Waals surface area (Å²) in [7, 11) is 0. The van der Waals surface area contributed by atoms with Gasteiger partial charge in [-0.05, 0) is 0 Å². The fraction of sp³-hybridized carbons (Fsp3) is 1.00. The van der Waals surface area contributed by atoms with Gasteiger partial charge in [-0.25, -0.2) is 0 Å². The van der Waals surface area contributed by atoms with Crippen LogP contribution in [0.2, 0.25) is 10.5 Å². The molecule has 0 fully saturated rings. The van der Waals surface area contributed by atoms with Crippen LogP contribution in [0.5, 0.6) is 0 Å². The summed E-state index contributed by atoms with van der Waals surface area (Å²) in [5.74, 6) is 0. The summed E-state index contributed by atoms with van der Waals surface area (Å²) in [4.78, 5) is 0. The van der Waals surface area contributed by atoms with Crippen molar-refractivity contribution in [3.05, 3.63) is 0 Å². The van der Waals surface area contributed by atoms with Crippen molar-refractivity contribution >= 4 is 14.2 Å². The minimum atomic E-state index is -4.16. The summed E-state index contributed by atoms with van der Waals surface area (Å²) in [6, 6.07) is 0. The van der Waals surface area contributed by atoms with Gasteiger partial charge in [-0.1, -0.05) is 0 Å². The quantitative estimate of drug-likeness (QED) is 0.606. The molecule has 0 rings (SSSR count). The van der Waals surface area contributed by atoms with Gasteiger partial charge in [0, 0.05) is 0 Å². The molecule has 0 aromatic rings. The van der Waals surface area contributed by atoms with Crippen molar-refractivity contribution in [3.63, 3.8) is 0 Å². The monoisotopic (exact) mass is 198 g/mol. The van der Waals surface area contributed by atoms with E-state index in [4.69, 9.17) is 0 Å². The fourth-order valence-electron chi connectivity index (χ4n) is 0.857. The van der Waals surface area contributed by atoms with E-state index in [0.29, 0.717) is 12.8 Å². The topological polar surface area (TPSA) is 0 Å². The zero-order valence-electron chi connectivity index (χ0n) is 6.08. The molecule has 0 atom stereocenters. The molecule has 0 spiro atoms. The Morgan fingerprint density at radius 3 is 1.56 bits per heavy atom. The first kappa shape index (κ1) is 9.40. The molecule has 0 aliphatic rings. The van der Waals surface area contributed by atoms with Crippen LogP contribution in [0.1, 0.15) is 26.7 Å². The van der Waals surface area contributed by atoms with Crippen LogP contribution >= 0.6 is 0 Å². The number of halogens is 2. The second-order valence-electron chi connectivity index (χ2n) is 2.36. The van der Waals surface area contributed by atoms with E-state index in [2.05, 4.69) is 0 Å². The van der Waals surface area contributed by atoms with Gasteiger partial charge in [0.1, 0.15) is 0 Å². The molecule has 56 valence electrons. The molecule has 0 aromatic heterocycles. The van der Waals surface area contributed by atoms with Crippen molar-refractivity contribution in [1.29, 1.82) is 0 Å². The summed E-state index contributed by atoms with van der Waals surface area (Å²) in [6.07, 6.45) is 1.32. The first-order chi connectivity index (χ1) is 4.12. The summed E-state index contributed by atoms with van der Waals surface area (Å²) in [5.41, 5.74) is 0. The van der Waals surface area contributed by atoms with Crippen molar-refractivity contribution in [2.24, 2.45) is 0 Å². The molecule has 0 nitrogen and oxygen atoms in total. The van der Waals surface area contributed by atoms with E-state index < -0.39 is 14.2 Å². The molecule has 0 saturated carbocycles. The molecule has 3 heteroatoms. The SMILES string of the molecule is CC[CH2][Ge]([F])([F])[CH2]CC. The molecule has 0 bridgehead atoms. The Labute approximate surface area is 59.0 Å². The van der Waals surface area contributed by atoms with Gasteiger partial charge >= 0.3 is 58.4 Å². The molecule has 0 amide bonds. The predicted molar refractivity (Wildman–Crippen MR) is 38.2 cm³/mol. The third-order valence-corrected chi connectivity index (χ3v) is 6.40. The molecule has 0 radical (unpaired) electrons. The maximum absolute atomic E-state index is 12.6. The van der Waals surface area contributed by atoms with Crippen LogP contribution in [0.4, 0.5) is 7.00 Å². The minimum absolute atomic E-state index is 0.230. The van der Waals surface area contributed by atoms with Gasteiger partial charge in [-0.15, -0.1) is 0 Å². The second-order valence-corrected chi connectivity index (χ2v) is 8.05. The molecule has 0 saturated heterocycles. The summed E-state index contributed by atoms with van der Waals surface area (Å²) in [6.45, 7) is 3.66. The Balaban J connectivity index is 3.43. The average Bonchev–Trinajstić information content (AvgIpc) is 1.64. The molecule has 0 unspecified atom stereocenters. The normalized spacial score (nSPS) is 12.0. The molecule has 0 aliphatic heterocycles. The Hall–Kier alpha value is 0.403. The van der Waals surface area contributed by atoms with Crippen LogP contribution in [0.25, 0.3) is 0 Å². The fourth-order valence-corrected chi connectivity index (χ4v) is 4.45. The first-order valence-electron chi connectivity index (χ1n) is 3.50. The van der Waals surface area contributed by atoms with Crippen LogP contribution in [0.3, 0.4) is 0 Å². The van der Waals surface area contributed by atoms with Crippen molar-refractivity contribution in [3.8, 4) is 0 Å².